The normalized spacial score (nSPS) is 23.2. The number of piperidine rings is 1. The van der Waals surface area contributed by atoms with Crippen LogP contribution in [0.1, 0.15) is 91.5 Å². The smallest absolute Gasteiger partial charge is 0.256 e. The molecule has 0 spiro atoms. The summed E-state index contributed by atoms with van der Waals surface area (Å²) in [4.78, 5) is 78.1. The Hall–Kier alpha value is -4.29. The number of fused-ring (bicyclic) bond motifs is 2. The van der Waals surface area contributed by atoms with Crippen molar-refractivity contribution < 1.29 is 41.9 Å². The zero-order valence-corrected chi connectivity index (χ0v) is 39.4. The van der Waals surface area contributed by atoms with Crippen molar-refractivity contribution in [2.45, 2.75) is 141 Å². The second kappa shape index (κ2) is 23.6. The van der Waals surface area contributed by atoms with Gasteiger partial charge in [0, 0.05) is 51.7 Å². The van der Waals surface area contributed by atoms with Gasteiger partial charge in [-0.05, 0) is 74.4 Å². The molecule has 4 rings (SSSR count). The number of carbonyl (C=O) groups excluding carboxylic acids is 5. The van der Waals surface area contributed by atoms with Crippen LogP contribution in [0, 0.1) is 23.7 Å². The molecule has 1 aromatic carbocycles. The van der Waals surface area contributed by atoms with E-state index in [1.54, 1.807) is 54.1 Å². The molecule has 63 heavy (non-hydrogen) atoms. The molecule has 1 aliphatic carbocycles. The molecule has 5 amide bonds. The number of benzene rings is 1. The molecule has 3 aliphatic rings. The van der Waals surface area contributed by atoms with Gasteiger partial charge in [0.1, 0.15) is 12.1 Å². The number of hydrogen-bond acceptors (Lipinski definition) is 11. The maximum Gasteiger partial charge on any atom is 0.256 e. The maximum atomic E-state index is 14.4. The maximum absolute atomic E-state index is 14.4. The van der Waals surface area contributed by atoms with Gasteiger partial charge in [0.05, 0.1) is 48.4 Å². The number of azide groups is 1. The van der Waals surface area contributed by atoms with Gasteiger partial charge in [0.2, 0.25) is 33.7 Å². The Labute approximate surface area is 373 Å². The van der Waals surface area contributed by atoms with E-state index in [0.717, 1.165) is 19.3 Å². The van der Waals surface area contributed by atoms with Crippen LogP contribution in [0.5, 0.6) is 0 Å². The first-order valence-corrected chi connectivity index (χ1v) is 24.1. The molecule has 0 unspecified atom stereocenters. The van der Waals surface area contributed by atoms with Crippen molar-refractivity contribution in [1.29, 1.82) is 0 Å². The van der Waals surface area contributed by atoms with E-state index < -0.39 is 69.9 Å². The highest BCUT2D eigenvalue weighted by Gasteiger charge is 2.49. The third-order valence-corrected chi connectivity index (χ3v) is 14.9. The quantitative estimate of drug-likeness (QED) is 0.0592. The summed E-state index contributed by atoms with van der Waals surface area (Å²) < 4.78 is 39.6. The molecule has 1 aromatic rings. The van der Waals surface area contributed by atoms with Crippen LogP contribution in [0.2, 0.25) is 0 Å². The minimum absolute atomic E-state index is 0.000799. The Morgan fingerprint density at radius 1 is 1.00 bits per heavy atom. The van der Waals surface area contributed by atoms with Gasteiger partial charge in [-0.25, -0.2) is 8.42 Å². The number of hydrogen-bond donors (Lipinski definition) is 3. The second-order valence-electron chi connectivity index (χ2n) is 18.0. The summed E-state index contributed by atoms with van der Waals surface area (Å²) in [6.45, 7) is 9.86. The van der Waals surface area contributed by atoms with Crippen molar-refractivity contribution in [2.75, 3.05) is 47.2 Å². The topological polar surface area (TPSA) is 233 Å². The Balaban J connectivity index is 1.48. The number of likely N-dealkylation sites (tertiary alicyclic amines) is 2. The molecule has 1 saturated carbocycles. The van der Waals surface area contributed by atoms with Gasteiger partial charge in [0.25, 0.3) is 5.91 Å². The number of rotatable bonds is 24. The predicted octanol–water partition coefficient (Wildman–Crippen LogP) is 3.40. The second-order valence-corrected chi connectivity index (χ2v) is 19.8. The van der Waals surface area contributed by atoms with E-state index in [2.05, 4.69) is 30.3 Å². The number of sulfonamides is 1. The number of likely N-dealkylation sites (N-methyl/N-ethyl adjacent to an activating group) is 2. The van der Waals surface area contributed by atoms with E-state index in [-0.39, 0.29) is 67.3 Å². The molecule has 2 heterocycles. The Morgan fingerprint density at radius 2 is 1.70 bits per heavy atom. The average Bonchev–Trinajstić information content (AvgIpc) is 4.01. The zero-order chi connectivity index (χ0) is 46.6. The molecule has 352 valence electrons. The SMILES string of the molecule is CC[C@H](C)[C@@H]([C@H](CC(=O)N1CCC[C@H]1[C@H](OC)[C@@H](C)C(=O)N[C@@H](Cc1ccccc1)C(=O)NS(=O)(=O)CCCN=[N+]=[N-])OC)N(C)C(=O)[C@@H](NC(=O)[C@@H]1[C@H]2CC[C@H](C2)N1C)C(C)C. The molecule has 11 atom stereocenters. The largest absolute Gasteiger partial charge is 0.379 e. The molecule has 2 bridgehead atoms. The predicted molar refractivity (Wildman–Crippen MR) is 238 cm³/mol. The van der Waals surface area contributed by atoms with E-state index in [9.17, 15) is 32.4 Å². The van der Waals surface area contributed by atoms with Crippen LogP contribution in [0.4, 0.5) is 0 Å². The van der Waals surface area contributed by atoms with E-state index in [4.69, 9.17) is 15.0 Å². The lowest BCUT2D eigenvalue weighted by Crippen LogP contribution is -2.60. The van der Waals surface area contributed by atoms with Crippen LogP contribution in [0.25, 0.3) is 10.4 Å². The van der Waals surface area contributed by atoms with Gasteiger partial charge in [-0.2, -0.15) is 0 Å². The summed E-state index contributed by atoms with van der Waals surface area (Å²) in [5.74, 6) is -3.41. The van der Waals surface area contributed by atoms with Crippen molar-refractivity contribution in [3.63, 3.8) is 0 Å². The number of carbonyl (C=O) groups is 5. The van der Waals surface area contributed by atoms with Crippen molar-refractivity contribution in [1.82, 2.24) is 30.1 Å². The molecule has 0 aromatic heterocycles. The number of nitrogens with zero attached hydrogens (tertiary/aromatic N) is 6. The molecule has 3 fully saturated rings. The number of nitrogens with one attached hydrogen (secondary N) is 3. The summed E-state index contributed by atoms with van der Waals surface area (Å²) in [6, 6.07) is 5.93. The van der Waals surface area contributed by atoms with E-state index in [1.165, 1.54) is 14.2 Å². The van der Waals surface area contributed by atoms with Gasteiger partial charge < -0.3 is 29.9 Å². The summed E-state index contributed by atoms with van der Waals surface area (Å²) >= 11 is 0. The van der Waals surface area contributed by atoms with Gasteiger partial charge in [-0.1, -0.05) is 76.5 Å². The molecule has 2 aliphatic heterocycles. The third-order valence-electron chi connectivity index (χ3n) is 13.6. The molecule has 2 saturated heterocycles. The first-order valence-electron chi connectivity index (χ1n) is 22.4. The van der Waals surface area contributed by atoms with Gasteiger partial charge in [0.15, 0.2) is 0 Å². The fourth-order valence-electron chi connectivity index (χ4n) is 9.89. The Bertz CT molecular complexity index is 1880. The van der Waals surface area contributed by atoms with E-state index >= 15 is 0 Å². The van der Waals surface area contributed by atoms with Gasteiger partial charge in [-0.3, -0.25) is 33.6 Å². The molecular formula is C44H71N9O9S. The third kappa shape index (κ3) is 13.1. The van der Waals surface area contributed by atoms with Crippen molar-refractivity contribution >= 4 is 39.6 Å². The fourth-order valence-corrected chi connectivity index (χ4v) is 11.0. The highest BCUT2D eigenvalue weighted by molar-refractivity contribution is 7.90. The van der Waals surface area contributed by atoms with E-state index in [0.29, 0.717) is 37.4 Å². The first-order chi connectivity index (χ1) is 29.9. The van der Waals surface area contributed by atoms with Crippen molar-refractivity contribution in [3.05, 3.63) is 46.3 Å². The highest BCUT2D eigenvalue weighted by Crippen LogP contribution is 2.41. The van der Waals surface area contributed by atoms with Crippen molar-refractivity contribution in [3.8, 4) is 0 Å². The fraction of sp³-hybridized carbons (Fsp3) is 0.750. The zero-order valence-electron chi connectivity index (χ0n) is 38.6. The van der Waals surface area contributed by atoms with E-state index in [1.807, 2.05) is 34.7 Å². The summed E-state index contributed by atoms with van der Waals surface area (Å²) in [5, 5.41) is 9.19. The van der Waals surface area contributed by atoms with Gasteiger partial charge >= 0.3 is 0 Å². The van der Waals surface area contributed by atoms with Crippen molar-refractivity contribution in [2.24, 2.45) is 28.8 Å². The van der Waals surface area contributed by atoms with Crippen LogP contribution in [0.3, 0.4) is 0 Å². The van der Waals surface area contributed by atoms with Crippen LogP contribution in [-0.2, 0) is 49.9 Å². The van der Waals surface area contributed by atoms with Gasteiger partial charge in [-0.15, -0.1) is 0 Å². The average molecular weight is 902 g/mol. The molecule has 18 nitrogen and oxygen atoms in total. The lowest BCUT2D eigenvalue weighted by Gasteiger charge is -2.41. The molecule has 19 heteroatoms. The standard InChI is InChI=1S/C44H71N9O9S/c1-10-28(4)38(52(7)44(58)37(27(2)3)48-43(57)39-31-19-20-32(25-31)51(39)6)35(61-8)26-36(54)53-22-14-18-34(53)40(62-9)29(5)41(55)47-33(24-30-16-12-11-13-17-30)42(56)49-63(59,60)23-15-21-46-50-45/h11-13,16-17,27-29,31-35,37-40H,10,14-15,18-26H2,1-9H3,(H,47,55)(H,48,57)(H,49,56)/t28-,29+,31-,32+,33-,34-,35-,37-,38-,39-,40+/m0/s1. The van der Waals surface area contributed by atoms with Crippen LogP contribution >= 0.6 is 0 Å². The Kier molecular flexibility index (Phi) is 19.2. The van der Waals surface area contributed by atoms with Crippen LogP contribution in [0.15, 0.2) is 35.4 Å². The number of ether oxygens (including phenoxy) is 2. The minimum atomic E-state index is -4.11. The van der Waals surface area contributed by atoms with Crippen LogP contribution < -0.4 is 15.4 Å². The summed E-state index contributed by atoms with van der Waals surface area (Å²) in [5.41, 5.74) is 9.20. The number of methoxy groups -OCH3 is 2. The molecule has 0 radical (unpaired) electrons. The lowest BCUT2D eigenvalue weighted by molar-refractivity contribution is -0.148. The summed E-state index contributed by atoms with van der Waals surface area (Å²) in [7, 11) is 2.58. The van der Waals surface area contributed by atoms with Crippen LogP contribution in [-0.4, -0.2) is 148 Å². The molecular weight excluding hydrogens is 831 g/mol. The monoisotopic (exact) mass is 902 g/mol. The Morgan fingerprint density at radius 3 is 2.29 bits per heavy atom. The summed E-state index contributed by atoms with van der Waals surface area (Å²) in [6.07, 6.45) is 3.44. The highest BCUT2D eigenvalue weighted by atomic mass is 32.2. The number of amides is 5. The first kappa shape index (κ1) is 51.3. The molecule has 3 N–H and O–H groups in total. The minimum Gasteiger partial charge on any atom is -0.379 e. The lowest BCUT2D eigenvalue weighted by atomic mass is 9.89.